The topological polar surface area (TPSA) is 29.3 Å². The lowest BCUT2D eigenvalue weighted by Gasteiger charge is -2.32. The number of aromatic nitrogens is 1. The Morgan fingerprint density at radius 1 is 1.38 bits per heavy atom. The molecule has 0 aliphatic carbocycles. The summed E-state index contributed by atoms with van der Waals surface area (Å²) in [6, 6.07) is 1.91. The molecule has 0 saturated carbocycles. The standard InChI is InChI=1S/C13H18N2O/c1-2-11-6-9-15(8-1)10-12(11)3-4-13-5-7-14-16-13/h3-5,7,11-12H,1-2,6,8-10H2/b4-3+. The molecule has 3 unspecified atom stereocenters. The first-order valence-corrected chi connectivity index (χ1v) is 6.23. The van der Waals surface area contributed by atoms with E-state index in [4.69, 9.17) is 4.52 Å². The van der Waals surface area contributed by atoms with E-state index in [-0.39, 0.29) is 0 Å². The molecule has 3 saturated heterocycles. The summed E-state index contributed by atoms with van der Waals surface area (Å²) in [4.78, 5) is 2.60. The first-order chi connectivity index (χ1) is 7.92. The van der Waals surface area contributed by atoms with Crippen LogP contribution in [0, 0.1) is 11.8 Å². The van der Waals surface area contributed by atoms with Crippen LogP contribution in [0.4, 0.5) is 0 Å². The molecule has 0 amide bonds. The van der Waals surface area contributed by atoms with Crippen LogP contribution in [0.15, 0.2) is 22.9 Å². The SMILES string of the molecule is C(=C\C1CN2CCCC1CC2)/c1ccno1. The molecule has 4 heterocycles. The molecule has 4 rings (SSSR count). The summed E-state index contributed by atoms with van der Waals surface area (Å²) >= 11 is 0. The molecule has 2 bridgehead atoms. The summed E-state index contributed by atoms with van der Waals surface area (Å²) in [5.41, 5.74) is 0. The van der Waals surface area contributed by atoms with E-state index in [1.54, 1.807) is 6.20 Å². The van der Waals surface area contributed by atoms with Gasteiger partial charge in [0.05, 0.1) is 6.20 Å². The fraction of sp³-hybridized carbons (Fsp3) is 0.615. The van der Waals surface area contributed by atoms with Crippen LogP contribution in [0.2, 0.25) is 0 Å². The highest BCUT2D eigenvalue weighted by Gasteiger charge is 2.30. The van der Waals surface area contributed by atoms with Gasteiger partial charge in [-0.25, -0.2) is 0 Å². The van der Waals surface area contributed by atoms with Gasteiger partial charge in [-0.15, -0.1) is 0 Å². The smallest absolute Gasteiger partial charge is 0.159 e. The van der Waals surface area contributed by atoms with Crippen molar-refractivity contribution in [1.82, 2.24) is 10.1 Å². The van der Waals surface area contributed by atoms with Gasteiger partial charge in [0, 0.05) is 12.6 Å². The molecule has 3 nitrogen and oxygen atoms in total. The van der Waals surface area contributed by atoms with Gasteiger partial charge in [-0.05, 0) is 50.3 Å². The molecule has 0 spiro atoms. The number of fused-ring (bicyclic) bond motifs is 4. The summed E-state index contributed by atoms with van der Waals surface area (Å²) in [5.74, 6) is 2.47. The highest BCUT2D eigenvalue weighted by atomic mass is 16.5. The van der Waals surface area contributed by atoms with Crippen LogP contribution in [0.3, 0.4) is 0 Å². The van der Waals surface area contributed by atoms with Gasteiger partial charge in [0.2, 0.25) is 0 Å². The normalized spacial score (nSPS) is 34.4. The molecular weight excluding hydrogens is 200 g/mol. The Morgan fingerprint density at radius 2 is 2.38 bits per heavy atom. The quantitative estimate of drug-likeness (QED) is 0.763. The van der Waals surface area contributed by atoms with E-state index in [1.165, 1.54) is 38.9 Å². The van der Waals surface area contributed by atoms with Crippen LogP contribution in [0.1, 0.15) is 25.0 Å². The summed E-state index contributed by atoms with van der Waals surface area (Å²) in [5, 5.41) is 3.72. The van der Waals surface area contributed by atoms with Gasteiger partial charge in [0.1, 0.15) is 0 Å². The number of rotatable bonds is 2. The van der Waals surface area contributed by atoms with E-state index in [1.807, 2.05) is 6.07 Å². The fourth-order valence-corrected chi connectivity index (χ4v) is 2.99. The Bertz CT molecular complexity index is 354. The van der Waals surface area contributed by atoms with Crippen LogP contribution >= 0.6 is 0 Å². The zero-order valence-corrected chi connectivity index (χ0v) is 9.51. The minimum atomic E-state index is 0.710. The van der Waals surface area contributed by atoms with Crippen molar-refractivity contribution in [3.8, 4) is 0 Å². The predicted octanol–water partition coefficient (Wildman–Crippen LogP) is 2.42. The molecule has 16 heavy (non-hydrogen) atoms. The molecule has 3 heteroatoms. The molecule has 3 fully saturated rings. The summed E-state index contributed by atoms with van der Waals surface area (Å²) in [6.45, 7) is 3.83. The van der Waals surface area contributed by atoms with Crippen LogP contribution in [-0.2, 0) is 0 Å². The van der Waals surface area contributed by atoms with Crippen LogP contribution in [-0.4, -0.2) is 29.7 Å². The molecule has 1 aromatic heterocycles. The van der Waals surface area contributed by atoms with Gasteiger partial charge in [0.25, 0.3) is 0 Å². The molecule has 0 aromatic carbocycles. The van der Waals surface area contributed by atoms with Crippen LogP contribution in [0.5, 0.6) is 0 Å². The monoisotopic (exact) mass is 218 g/mol. The first kappa shape index (κ1) is 10.1. The van der Waals surface area contributed by atoms with E-state index in [9.17, 15) is 0 Å². The van der Waals surface area contributed by atoms with E-state index >= 15 is 0 Å². The maximum atomic E-state index is 5.09. The van der Waals surface area contributed by atoms with E-state index < -0.39 is 0 Å². The zero-order chi connectivity index (χ0) is 10.8. The van der Waals surface area contributed by atoms with Crippen LogP contribution in [0.25, 0.3) is 6.08 Å². The predicted molar refractivity (Wildman–Crippen MR) is 62.8 cm³/mol. The number of piperidine rings is 1. The lowest BCUT2D eigenvalue weighted by atomic mass is 9.84. The minimum absolute atomic E-state index is 0.710. The highest BCUT2D eigenvalue weighted by molar-refractivity contribution is 5.42. The van der Waals surface area contributed by atoms with Crippen molar-refractivity contribution in [3.05, 3.63) is 24.1 Å². The Kier molecular flexibility index (Phi) is 2.79. The zero-order valence-electron chi connectivity index (χ0n) is 9.51. The summed E-state index contributed by atoms with van der Waals surface area (Å²) in [7, 11) is 0. The fourth-order valence-electron chi connectivity index (χ4n) is 2.99. The number of hydrogen-bond acceptors (Lipinski definition) is 3. The van der Waals surface area contributed by atoms with Crippen molar-refractivity contribution in [2.45, 2.75) is 19.3 Å². The second kappa shape index (κ2) is 4.42. The van der Waals surface area contributed by atoms with Crippen molar-refractivity contribution >= 4 is 6.08 Å². The van der Waals surface area contributed by atoms with Crippen molar-refractivity contribution < 1.29 is 4.52 Å². The maximum absolute atomic E-state index is 5.09. The molecule has 3 aliphatic rings. The third kappa shape index (κ3) is 2.05. The molecule has 1 aromatic rings. The third-order valence-corrected chi connectivity index (χ3v) is 3.91. The third-order valence-electron chi connectivity index (χ3n) is 3.91. The van der Waals surface area contributed by atoms with Gasteiger partial charge in [-0.3, -0.25) is 0 Å². The average Bonchev–Trinajstić information content (AvgIpc) is 2.63. The summed E-state index contributed by atoms with van der Waals surface area (Å²) < 4.78 is 5.09. The molecule has 0 radical (unpaired) electrons. The number of nitrogens with zero attached hydrogens (tertiary/aromatic N) is 2. The largest absolute Gasteiger partial charge is 0.357 e. The first-order valence-electron chi connectivity index (χ1n) is 6.23. The molecule has 3 aliphatic heterocycles. The average molecular weight is 218 g/mol. The molecule has 3 atom stereocenters. The minimum Gasteiger partial charge on any atom is -0.357 e. The van der Waals surface area contributed by atoms with Crippen molar-refractivity contribution in [2.24, 2.45) is 11.8 Å². The second-order valence-corrected chi connectivity index (χ2v) is 4.93. The Labute approximate surface area is 96.1 Å². The van der Waals surface area contributed by atoms with Gasteiger partial charge in [-0.2, -0.15) is 0 Å². The summed E-state index contributed by atoms with van der Waals surface area (Å²) in [6.07, 6.45) is 10.2. The van der Waals surface area contributed by atoms with Crippen LogP contribution < -0.4 is 0 Å². The van der Waals surface area contributed by atoms with Crippen molar-refractivity contribution in [1.29, 1.82) is 0 Å². The number of hydrogen-bond donors (Lipinski definition) is 0. The lowest BCUT2D eigenvalue weighted by Crippen LogP contribution is -2.36. The Morgan fingerprint density at radius 3 is 3.25 bits per heavy atom. The van der Waals surface area contributed by atoms with Gasteiger partial charge in [-0.1, -0.05) is 11.2 Å². The Hall–Kier alpha value is -1.09. The van der Waals surface area contributed by atoms with Crippen molar-refractivity contribution in [2.75, 3.05) is 19.6 Å². The molecular formula is C13H18N2O. The van der Waals surface area contributed by atoms with Crippen molar-refractivity contribution in [3.63, 3.8) is 0 Å². The van der Waals surface area contributed by atoms with Gasteiger partial charge >= 0.3 is 0 Å². The van der Waals surface area contributed by atoms with Gasteiger partial charge < -0.3 is 9.42 Å². The van der Waals surface area contributed by atoms with Gasteiger partial charge in [0.15, 0.2) is 5.76 Å². The lowest BCUT2D eigenvalue weighted by molar-refractivity contribution is 0.182. The second-order valence-electron chi connectivity index (χ2n) is 4.93. The molecule has 86 valence electrons. The highest BCUT2D eigenvalue weighted by Crippen LogP contribution is 2.32. The maximum Gasteiger partial charge on any atom is 0.159 e. The van der Waals surface area contributed by atoms with E-state index in [0.29, 0.717) is 5.92 Å². The Balaban J connectivity index is 1.70. The van der Waals surface area contributed by atoms with E-state index in [0.717, 1.165) is 11.7 Å². The molecule has 0 N–H and O–H groups in total. The van der Waals surface area contributed by atoms with E-state index in [2.05, 4.69) is 22.2 Å².